The average Bonchev–Trinajstić information content (AvgIpc) is 0.756. The van der Waals surface area contributed by atoms with Gasteiger partial charge in [0.15, 0.2) is 46.5 Å². The van der Waals surface area contributed by atoms with Crippen LogP contribution in [0.15, 0.2) is 252 Å². The molecule has 0 aliphatic carbocycles. The van der Waals surface area contributed by atoms with E-state index >= 15 is 0 Å². The van der Waals surface area contributed by atoms with Crippen LogP contribution in [-0.4, -0.2) is 145 Å². The predicted molar refractivity (Wildman–Crippen MR) is 477 cm³/mol. The number of nitrogens with one attached hydrogen (secondary N) is 12. The summed E-state index contributed by atoms with van der Waals surface area (Å²) in [4.78, 5) is 86.7. The average molecular weight is 1760 g/mol. The lowest BCUT2D eigenvalue weighted by atomic mass is 10.2. The fourth-order valence-electron chi connectivity index (χ4n) is 10.1. The largest absolute Gasteiger partial charge is 0.494 e. The molecule has 6 aromatic heterocycles. The molecule has 0 unspecified atom stereocenters. The van der Waals surface area contributed by atoms with E-state index in [1.54, 1.807) is 183 Å². The molecule has 0 atom stereocenters. The predicted octanol–water partition coefficient (Wildman–Crippen LogP) is 16.3. The van der Waals surface area contributed by atoms with Gasteiger partial charge in [-0.25, -0.2) is 55.9 Å². The van der Waals surface area contributed by atoms with Gasteiger partial charge in [-0.1, -0.05) is 62.2 Å². The Morgan fingerprint density at radius 3 is 1.19 bits per heavy atom. The molecule has 0 saturated heterocycles. The molecule has 0 saturated carbocycles. The summed E-state index contributed by atoms with van der Waals surface area (Å²) in [5.74, 6) is -1.38. The molecule has 6 aromatic carbocycles. The van der Waals surface area contributed by atoms with E-state index in [9.17, 15) is 45.2 Å². The minimum Gasteiger partial charge on any atom is -0.494 e. The van der Waals surface area contributed by atoms with Crippen molar-refractivity contribution >= 4 is 160 Å². The summed E-state index contributed by atoms with van der Waals surface area (Å²) in [5, 5.41) is 43.0. The molecule has 0 radical (unpaired) electrons. The maximum absolute atomic E-state index is 14.3. The van der Waals surface area contributed by atoms with E-state index in [1.807, 2.05) is 13.8 Å². The molecule has 652 valence electrons. The number of nitrogens with zero attached hydrogens (tertiary/aromatic N) is 10. The standard InChI is InChI=1S/C23H24FN5O4S.C21H20ClFN6O2.C21H21FN6O3.C21H20FN5O3/c1-3-21(30)26-17-6-4-7-18(14-17)27-22-20(24)15-25-23(29-22)28-16-8-10-19(11-9-16)33-12-5-13-34(2,31)32;1-4-18(30)28-17-9-13(5-7-15(17)22)26-20-16(23)11-25-21(29-20)27-14-6-8-19(24-10-14)31-12(2)3;1-3-18(29)25-14-5-4-6-15(11-14)26-20-17(22)13-24-21(28-20)27-16-7-8-19(23-12-16)31-10-9-30-2;1-2-19(29)24-14-5-3-6-15(11-14)25-20-18(22)13-23-21(27-20)26-16-7-4-8-17(12-16)30-10-9-28/h3-4,6-11,14-15H,1,5,12-13H2,2H3,(H,26,30)(H2,25,27,28,29);4-12H,1H2,2-3H3,(H,28,30)(H2,25,26,27,29);3-8,11-13H,1,9-10H2,2H3,(H,25,29)(H2,24,26,27,28);2-8,11-13,28H,1,9-10H2,(H,24,29)(H2,23,25,26,27). The van der Waals surface area contributed by atoms with Gasteiger partial charge < -0.3 is 92.6 Å². The van der Waals surface area contributed by atoms with E-state index in [1.165, 1.54) is 6.26 Å². The molecule has 13 N–H and O–H groups in total. The third-order valence-corrected chi connectivity index (χ3v) is 17.1. The van der Waals surface area contributed by atoms with Crippen molar-refractivity contribution in [1.82, 2.24) is 49.8 Å². The number of rotatable bonds is 38. The minimum atomic E-state index is -3.01. The van der Waals surface area contributed by atoms with E-state index in [2.05, 4.69) is 140 Å². The van der Waals surface area contributed by atoms with Crippen LogP contribution in [0.3, 0.4) is 0 Å². The summed E-state index contributed by atoms with van der Waals surface area (Å²) >= 11 is 6.08. The number of aromatic nitrogens is 10. The monoisotopic (exact) mass is 1760 g/mol. The number of halogens is 5. The highest BCUT2D eigenvalue weighted by Crippen LogP contribution is 2.32. The van der Waals surface area contributed by atoms with Gasteiger partial charge in [-0.15, -0.1) is 0 Å². The van der Waals surface area contributed by atoms with Gasteiger partial charge >= 0.3 is 0 Å². The molecule has 126 heavy (non-hydrogen) atoms. The van der Waals surface area contributed by atoms with Crippen molar-refractivity contribution in [2.24, 2.45) is 0 Å². The second-order valence-electron chi connectivity index (χ2n) is 26.0. The van der Waals surface area contributed by atoms with Gasteiger partial charge in [0.1, 0.15) is 34.6 Å². The van der Waals surface area contributed by atoms with Crippen LogP contribution < -0.4 is 82.7 Å². The molecular weight excluding hydrogens is 1680 g/mol. The van der Waals surface area contributed by atoms with Crippen LogP contribution in [0, 0.1) is 23.3 Å². The lowest BCUT2D eigenvalue weighted by Gasteiger charge is -2.12. The zero-order valence-corrected chi connectivity index (χ0v) is 69.5. The van der Waals surface area contributed by atoms with E-state index in [0.717, 1.165) is 49.1 Å². The van der Waals surface area contributed by atoms with Crippen molar-refractivity contribution in [1.29, 1.82) is 0 Å². The molecule has 0 spiro atoms. The number of aliphatic hydroxyl groups excluding tert-OH is 1. The molecule has 0 bridgehead atoms. The van der Waals surface area contributed by atoms with Gasteiger partial charge in [0.05, 0.1) is 90.9 Å². The number of anilines is 20. The van der Waals surface area contributed by atoms with Crippen LogP contribution in [0.1, 0.15) is 20.3 Å². The fourth-order valence-corrected chi connectivity index (χ4v) is 10.9. The number of hydrogen-bond donors (Lipinski definition) is 13. The first kappa shape index (κ1) is 94.1. The Balaban J connectivity index is 0.000000190. The Morgan fingerprint density at radius 2 is 0.786 bits per heavy atom. The van der Waals surface area contributed by atoms with Crippen LogP contribution in [0.4, 0.5) is 133 Å². The summed E-state index contributed by atoms with van der Waals surface area (Å²) in [6.45, 7) is 18.7. The van der Waals surface area contributed by atoms with Crippen molar-refractivity contribution < 1.29 is 73.9 Å². The first-order chi connectivity index (χ1) is 60.7. The highest BCUT2D eigenvalue weighted by molar-refractivity contribution is 7.90. The summed E-state index contributed by atoms with van der Waals surface area (Å²) in [6, 6.07) is 45.7. The maximum atomic E-state index is 14.3. The first-order valence-electron chi connectivity index (χ1n) is 37.7. The lowest BCUT2D eigenvalue weighted by molar-refractivity contribution is -0.112. The number of ether oxygens (including phenoxy) is 5. The van der Waals surface area contributed by atoms with Crippen LogP contribution in [0.25, 0.3) is 0 Å². The van der Waals surface area contributed by atoms with E-state index < -0.39 is 39.0 Å². The molecule has 12 aromatic rings. The number of aliphatic hydroxyl groups is 1. The van der Waals surface area contributed by atoms with Crippen molar-refractivity contribution in [3.05, 3.63) is 280 Å². The Hall–Kier alpha value is -15.7. The summed E-state index contributed by atoms with van der Waals surface area (Å²) < 4.78 is 106. The van der Waals surface area contributed by atoms with E-state index in [-0.39, 0.29) is 96.5 Å². The quantitative estimate of drug-likeness (QED) is 0.00971. The number of amides is 4. The van der Waals surface area contributed by atoms with Crippen LogP contribution in [-0.2, 0) is 33.8 Å². The van der Waals surface area contributed by atoms with Crippen LogP contribution >= 0.6 is 11.6 Å². The summed E-state index contributed by atoms with van der Waals surface area (Å²) in [5.41, 5.74) is 6.45. The Bertz CT molecular complexity index is 5870. The molecule has 6 heterocycles. The van der Waals surface area contributed by atoms with Gasteiger partial charge in [-0.05, 0) is 166 Å². The Kier molecular flexibility index (Phi) is 35.9. The SMILES string of the molecule is C=CC(=O)Nc1cc(Nc2nc(Nc3ccc(OC(C)C)nc3)ncc2F)ccc1Cl.C=CC(=O)Nc1cccc(Nc2nc(Nc3ccc(OCCCS(C)(=O)=O)cc3)ncc2F)c1.C=CC(=O)Nc1cccc(Nc2nc(Nc3ccc(OCCOC)nc3)ncc2F)c1.C=CC(=O)Nc1cccc(Nc2nc(Nc3cccc(OCCO)c3)ncc2F)c1. The number of methoxy groups -OCH3 is 1. The topological polar surface area (TPSA) is 442 Å². The molecule has 12 rings (SSSR count). The summed E-state index contributed by atoms with van der Waals surface area (Å²) in [7, 11) is -1.42. The number of sulfone groups is 1. The van der Waals surface area contributed by atoms with Crippen molar-refractivity contribution in [2.45, 2.75) is 26.4 Å². The third kappa shape index (κ3) is 32.3. The second kappa shape index (κ2) is 48.0. The normalized spacial score (nSPS) is 10.5. The smallest absolute Gasteiger partial charge is 0.247 e. The molecular formula is C86H85ClF4N22O12S. The first-order valence-corrected chi connectivity index (χ1v) is 40.2. The zero-order chi connectivity index (χ0) is 90.3. The molecule has 0 aliphatic heterocycles. The van der Waals surface area contributed by atoms with Gasteiger partial charge in [0.2, 0.25) is 59.2 Å². The number of carbonyl (C=O) groups excluding carboxylic acids is 4. The van der Waals surface area contributed by atoms with Crippen molar-refractivity contribution in [3.63, 3.8) is 0 Å². The number of benzene rings is 6. The Labute approximate surface area is 725 Å². The minimum absolute atomic E-state index is 0.0128. The number of pyridine rings is 2. The van der Waals surface area contributed by atoms with Crippen LogP contribution in [0.5, 0.6) is 23.3 Å². The van der Waals surface area contributed by atoms with Gasteiger partial charge in [-0.2, -0.15) is 19.9 Å². The highest BCUT2D eigenvalue weighted by Gasteiger charge is 2.17. The highest BCUT2D eigenvalue weighted by atomic mass is 35.5. The van der Waals surface area contributed by atoms with Crippen LogP contribution in [0.2, 0.25) is 5.02 Å². The molecule has 4 amide bonds. The number of hydrogen-bond acceptors (Lipinski definition) is 30. The second-order valence-corrected chi connectivity index (χ2v) is 28.7. The van der Waals surface area contributed by atoms with Gasteiger partial charge in [-0.3, -0.25) is 19.2 Å². The third-order valence-electron chi connectivity index (χ3n) is 15.8. The maximum Gasteiger partial charge on any atom is 0.247 e. The Morgan fingerprint density at radius 1 is 0.413 bits per heavy atom. The number of carbonyl (C=O) groups is 4. The molecule has 40 heteroatoms. The van der Waals surface area contributed by atoms with E-state index in [4.69, 9.17) is 40.4 Å². The van der Waals surface area contributed by atoms with Crippen molar-refractivity contribution in [3.8, 4) is 23.3 Å². The zero-order valence-electron chi connectivity index (χ0n) is 67.9. The van der Waals surface area contributed by atoms with Crippen molar-refractivity contribution in [2.75, 3.05) is 116 Å². The lowest BCUT2D eigenvalue weighted by Crippen LogP contribution is -2.08. The molecule has 34 nitrogen and oxygen atoms in total. The molecule has 0 fully saturated rings. The fraction of sp³-hybridized carbons (Fsp3) is 0.140. The van der Waals surface area contributed by atoms with Gasteiger partial charge in [0, 0.05) is 82.8 Å². The van der Waals surface area contributed by atoms with Gasteiger partial charge in [0.25, 0.3) is 0 Å². The molecule has 0 aliphatic rings. The van der Waals surface area contributed by atoms with E-state index in [0.29, 0.717) is 116 Å². The summed E-state index contributed by atoms with van der Waals surface area (Å²) in [6.07, 6.45) is 13.5.